The molecule has 4 aliphatic rings. The average molecular weight is 400 g/mol. The second-order valence-corrected chi connectivity index (χ2v) is 10.1. The number of halogens is 1. The molecule has 2 atom stereocenters. The van der Waals surface area contributed by atoms with Gasteiger partial charge in [0.1, 0.15) is 5.82 Å². The summed E-state index contributed by atoms with van der Waals surface area (Å²) in [5.41, 5.74) is 1.90. The van der Waals surface area contributed by atoms with Crippen molar-refractivity contribution in [1.29, 1.82) is 0 Å². The monoisotopic (exact) mass is 399 g/mol. The minimum atomic E-state index is -0.0405. The largest absolute Gasteiger partial charge is 0.369 e. The van der Waals surface area contributed by atoms with Gasteiger partial charge >= 0.3 is 0 Å². The van der Waals surface area contributed by atoms with Gasteiger partial charge in [-0.05, 0) is 61.6 Å². The lowest BCUT2D eigenvalue weighted by atomic mass is 9.94. The van der Waals surface area contributed by atoms with Crippen LogP contribution in [0.4, 0.5) is 10.1 Å². The van der Waals surface area contributed by atoms with E-state index >= 15 is 0 Å². The van der Waals surface area contributed by atoms with Crippen molar-refractivity contribution in [3.05, 3.63) is 29.6 Å². The average Bonchev–Trinajstić information content (AvgIpc) is 3.34. The highest BCUT2D eigenvalue weighted by Gasteiger charge is 2.44. The van der Waals surface area contributed by atoms with Crippen LogP contribution in [0.1, 0.15) is 57.4 Å². The smallest absolute Gasteiger partial charge is 0.146 e. The molecule has 0 radical (unpaired) electrons. The first-order chi connectivity index (χ1) is 14.2. The summed E-state index contributed by atoms with van der Waals surface area (Å²) in [5, 5.41) is 0. The molecule has 1 aliphatic carbocycles. The molecule has 5 rings (SSSR count). The van der Waals surface area contributed by atoms with E-state index in [2.05, 4.69) is 27.7 Å². The number of anilines is 1. The first kappa shape index (κ1) is 19.8. The van der Waals surface area contributed by atoms with E-state index in [1.807, 2.05) is 6.07 Å². The predicted molar refractivity (Wildman–Crippen MR) is 118 cm³/mol. The zero-order valence-electron chi connectivity index (χ0n) is 18.2. The highest BCUT2D eigenvalue weighted by atomic mass is 19.1. The molecular weight excluding hydrogens is 361 g/mol. The van der Waals surface area contributed by atoms with E-state index in [9.17, 15) is 4.39 Å². The summed E-state index contributed by atoms with van der Waals surface area (Å²) < 4.78 is 14.5. The topological polar surface area (TPSA) is 9.72 Å². The Hall–Kier alpha value is -1.13. The van der Waals surface area contributed by atoms with Gasteiger partial charge in [-0.2, -0.15) is 0 Å². The fraction of sp³-hybridized carbons (Fsp3) is 0.760. The van der Waals surface area contributed by atoms with Gasteiger partial charge in [-0.15, -0.1) is 0 Å². The summed E-state index contributed by atoms with van der Waals surface area (Å²) in [6, 6.07) is 7.40. The summed E-state index contributed by atoms with van der Waals surface area (Å²) >= 11 is 0. The standard InChI is InChI=1S/C25H38FN3/c1-2-19-8-9-25(24(26)14-19)27-12-10-23(11-13-27)29-17-20-15-28(16-21(20)18-29)22-6-4-3-5-7-22/h8-9,14,20-23H,2-7,10-13,15-18H2,1H3. The Kier molecular flexibility index (Phi) is 5.84. The van der Waals surface area contributed by atoms with Crippen LogP contribution in [0, 0.1) is 17.7 Å². The third-order valence-corrected chi connectivity index (χ3v) is 8.38. The number of benzene rings is 1. The number of piperidine rings is 1. The van der Waals surface area contributed by atoms with E-state index < -0.39 is 0 Å². The Morgan fingerprint density at radius 1 is 0.828 bits per heavy atom. The Balaban J connectivity index is 1.12. The van der Waals surface area contributed by atoms with Crippen LogP contribution in [0.15, 0.2) is 18.2 Å². The van der Waals surface area contributed by atoms with Crippen molar-refractivity contribution >= 4 is 5.69 Å². The molecule has 0 N–H and O–H groups in total. The molecule has 2 unspecified atom stereocenters. The zero-order chi connectivity index (χ0) is 19.8. The normalized spacial score (nSPS) is 30.2. The fourth-order valence-electron chi connectivity index (χ4n) is 6.61. The second-order valence-electron chi connectivity index (χ2n) is 10.1. The maximum atomic E-state index is 14.5. The molecule has 0 bridgehead atoms. The Morgan fingerprint density at radius 3 is 1.97 bits per heavy atom. The minimum Gasteiger partial charge on any atom is -0.369 e. The van der Waals surface area contributed by atoms with Crippen LogP contribution in [0.2, 0.25) is 0 Å². The van der Waals surface area contributed by atoms with Gasteiger partial charge in [0.15, 0.2) is 0 Å². The molecule has 1 aromatic rings. The lowest BCUT2D eigenvalue weighted by Gasteiger charge is -2.39. The van der Waals surface area contributed by atoms with Crippen LogP contribution in [-0.4, -0.2) is 61.2 Å². The lowest BCUT2D eigenvalue weighted by molar-refractivity contribution is 0.145. The van der Waals surface area contributed by atoms with Crippen molar-refractivity contribution in [3.63, 3.8) is 0 Å². The molecule has 0 amide bonds. The van der Waals surface area contributed by atoms with E-state index in [1.165, 1.54) is 71.1 Å². The molecule has 4 fully saturated rings. The molecule has 3 saturated heterocycles. The third-order valence-electron chi connectivity index (χ3n) is 8.38. The maximum absolute atomic E-state index is 14.5. The molecular formula is C25H38FN3. The number of rotatable bonds is 4. The van der Waals surface area contributed by atoms with Gasteiger partial charge in [0.2, 0.25) is 0 Å². The van der Waals surface area contributed by atoms with Crippen molar-refractivity contribution in [2.24, 2.45) is 11.8 Å². The van der Waals surface area contributed by atoms with Gasteiger partial charge in [0.05, 0.1) is 5.69 Å². The number of likely N-dealkylation sites (tertiary alicyclic amines) is 2. The molecule has 1 saturated carbocycles. The van der Waals surface area contributed by atoms with Crippen LogP contribution in [0.5, 0.6) is 0 Å². The summed E-state index contributed by atoms with van der Waals surface area (Å²) in [6.07, 6.45) is 10.5. The fourth-order valence-corrected chi connectivity index (χ4v) is 6.61. The van der Waals surface area contributed by atoms with Gasteiger partial charge in [-0.3, -0.25) is 9.80 Å². The van der Waals surface area contributed by atoms with Gasteiger partial charge in [0.25, 0.3) is 0 Å². The number of aryl methyl sites for hydroxylation is 1. The lowest BCUT2D eigenvalue weighted by Crippen LogP contribution is -2.45. The van der Waals surface area contributed by atoms with Crippen molar-refractivity contribution in [2.45, 2.75) is 70.4 Å². The molecule has 0 aromatic heterocycles. The van der Waals surface area contributed by atoms with E-state index in [-0.39, 0.29) is 5.82 Å². The first-order valence-corrected chi connectivity index (χ1v) is 12.2. The van der Waals surface area contributed by atoms with Crippen LogP contribution >= 0.6 is 0 Å². The molecule has 4 heteroatoms. The molecule has 29 heavy (non-hydrogen) atoms. The number of fused-ring (bicyclic) bond motifs is 1. The van der Waals surface area contributed by atoms with E-state index in [0.29, 0.717) is 6.04 Å². The number of hydrogen-bond acceptors (Lipinski definition) is 3. The van der Waals surface area contributed by atoms with Crippen LogP contribution in [0.25, 0.3) is 0 Å². The number of hydrogen-bond donors (Lipinski definition) is 0. The molecule has 3 aliphatic heterocycles. The van der Waals surface area contributed by atoms with E-state index in [0.717, 1.165) is 48.6 Å². The Morgan fingerprint density at radius 2 is 1.41 bits per heavy atom. The third kappa shape index (κ3) is 4.07. The molecule has 160 valence electrons. The summed E-state index contributed by atoms with van der Waals surface area (Å²) in [5.74, 6) is 1.75. The summed E-state index contributed by atoms with van der Waals surface area (Å²) in [6.45, 7) is 9.37. The van der Waals surface area contributed by atoms with Crippen molar-refractivity contribution < 1.29 is 4.39 Å². The van der Waals surface area contributed by atoms with Crippen LogP contribution in [-0.2, 0) is 6.42 Å². The summed E-state index contributed by atoms with van der Waals surface area (Å²) in [4.78, 5) is 7.91. The van der Waals surface area contributed by atoms with Crippen molar-refractivity contribution in [3.8, 4) is 0 Å². The molecule has 3 heterocycles. The van der Waals surface area contributed by atoms with Crippen molar-refractivity contribution in [1.82, 2.24) is 9.80 Å². The molecule has 1 aromatic carbocycles. The van der Waals surface area contributed by atoms with Crippen LogP contribution in [0.3, 0.4) is 0 Å². The van der Waals surface area contributed by atoms with Gasteiger partial charge in [-0.1, -0.05) is 32.3 Å². The molecule has 0 spiro atoms. The van der Waals surface area contributed by atoms with Gasteiger partial charge in [-0.25, -0.2) is 4.39 Å². The molecule has 3 nitrogen and oxygen atoms in total. The highest BCUT2D eigenvalue weighted by molar-refractivity contribution is 5.49. The van der Waals surface area contributed by atoms with E-state index in [1.54, 1.807) is 6.07 Å². The summed E-state index contributed by atoms with van der Waals surface area (Å²) in [7, 11) is 0. The highest BCUT2D eigenvalue weighted by Crippen LogP contribution is 2.37. The SMILES string of the molecule is CCc1ccc(N2CCC(N3CC4CN(C5CCCCC5)CC4C3)CC2)c(F)c1. The minimum absolute atomic E-state index is 0.0405. The first-order valence-electron chi connectivity index (χ1n) is 12.2. The second kappa shape index (κ2) is 8.55. The van der Waals surface area contributed by atoms with Crippen molar-refractivity contribution in [2.75, 3.05) is 44.2 Å². The van der Waals surface area contributed by atoms with Gasteiger partial charge < -0.3 is 4.90 Å². The number of nitrogens with zero attached hydrogens (tertiary/aromatic N) is 3. The predicted octanol–water partition coefficient (Wildman–Crippen LogP) is 4.55. The van der Waals surface area contributed by atoms with E-state index in [4.69, 9.17) is 0 Å². The Labute approximate surface area is 176 Å². The van der Waals surface area contributed by atoms with Crippen LogP contribution < -0.4 is 4.90 Å². The Bertz CT molecular complexity index is 679. The maximum Gasteiger partial charge on any atom is 0.146 e. The zero-order valence-corrected chi connectivity index (χ0v) is 18.2. The van der Waals surface area contributed by atoms with Gasteiger partial charge in [0, 0.05) is 51.4 Å². The quantitative estimate of drug-likeness (QED) is 0.735.